The third-order valence-electron chi connectivity index (χ3n) is 3.19. The Balaban J connectivity index is 2.10. The van der Waals surface area contributed by atoms with Crippen LogP contribution in [0.15, 0.2) is 41.3 Å². The molecule has 18 heavy (non-hydrogen) atoms. The van der Waals surface area contributed by atoms with E-state index in [1.165, 1.54) is 0 Å². The highest BCUT2D eigenvalue weighted by molar-refractivity contribution is 5.81. The van der Waals surface area contributed by atoms with Crippen molar-refractivity contribution in [3.8, 4) is 0 Å². The summed E-state index contributed by atoms with van der Waals surface area (Å²) in [5.74, 6) is 0. The van der Waals surface area contributed by atoms with Gasteiger partial charge in [-0.3, -0.25) is 4.79 Å². The van der Waals surface area contributed by atoms with Crippen molar-refractivity contribution < 1.29 is 0 Å². The molecule has 2 rings (SSSR count). The zero-order chi connectivity index (χ0) is 13.0. The Morgan fingerprint density at radius 2 is 2.00 bits per heavy atom. The number of aryl methyl sites for hydroxylation is 1. The first-order chi connectivity index (χ1) is 8.68. The zero-order valence-corrected chi connectivity index (χ0v) is 10.8. The molecule has 0 saturated carbocycles. The predicted octanol–water partition coefficient (Wildman–Crippen LogP) is 2.52. The van der Waals surface area contributed by atoms with Crippen LogP contribution in [0, 0.1) is 0 Å². The van der Waals surface area contributed by atoms with Crippen LogP contribution in [0.1, 0.15) is 26.2 Å². The van der Waals surface area contributed by atoms with E-state index in [0.717, 1.165) is 36.6 Å². The molecule has 1 unspecified atom stereocenters. The number of hydrogen-bond donors (Lipinski definition) is 1. The fourth-order valence-corrected chi connectivity index (χ4v) is 2.15. The maximum absolute atomic E-state index is 12.2. The summed E-state index contributed by atoms with van der Waals surface area (Å²) >= 11 is 0. The maximum Gasteiger partial charge on any atom is 0.258 e. The molecule has 3 nitrogen and oxygen atoms in total. The quantitative estimate of drug-likeness (QED) is 0.822. The SMILES string of the molecule is CC(N)CCCCn1ccc2ccccc2c1=O. The van der Waals surface area contributed by atoms with Gasteiger partial charge in [0.1, 0.15) is 0 Å². The van der Waals surface area contributed by atoms with Crippen molar-refractivity contribution >= 4 is 10.8 Å². The Hall–Kier alpha value is -1.61. The second-order valence-electron chi connectivity index (χ2n) is 4.87. The summed E-state index contributed by atoms with van der Waals surface area (Å²) in [6.45, 7) is 2.79. The van der Waals surface area contributed by atoms with Gasteiger partial charge in [0.15, 0.2) is 0 Å². The van der Waals surface area contributed by atoms with Crippen molar-refractivity contribution in [2.24, 2.45) is 5.73 Å². The van der Waals surface area contributed by atoms with E-state index in [1.807, 2.05) is 43.5 Å². The van der Waals surface area contributed by atoms with Crippen LogP contribution in [0.3, 0.4) is 0 Å². The molecule has 0 radical (unpaired) electrons. The number of nitrogens with zero attached hydrogens (tertiary/aromatic N) is 1. The van der Waals surface area contributed by atoms with E-state index in [1.54, 1.807) is 4.57 Å². The molecule has 1 atom stereocenters. The van der Waals surface area contributed by atoms with Gasteiger partial charge in [0.05, 0.1) is 0 Å². The second-order valence-corrected chi connectivity index (χ2v) is 4.87. The zero-order valence-electron chi connectivity index (χ0n) is 10.8. The lowest BCUT2D eigenvalue weighted by atomic mass is 10.1. The topological polar surface area (TPSA) is 48.0 Å². The van der Waals surface area contributed by atoms with Crippen LogP contribution in [0.5, 0.6) is 0 Å². The summed E-state index contributed by atoms with van der Waals surface area (Å²) in [5, 5.41) is 1.81. The van der Waals surface area contributed by atoms with Crippen LogP contribution in [-0.4, -0.2) is 10.6 Å². The van der Waals surface area contributed by atoms with Crippen molar-refractivity contribution in [1.82, 2.24) is 4.57 Å². The highest BCUT2D eigenvalue weighted by Crippen LogP contribution is 2.08. The van der Waals surface area contributed by atoms with E-state index >= 15 is 0 Å². The van der Waals surface area contributed by atoms with Crippen molar-refractivity contribution in [2.75, 3.05) is 0 Å². The van der Waals surface area contributed by atoms with E-state index < -0.39 is 0 Å². The number of nitrogens with two attached hydrogens (primary N) is 1. The van der Waals surface area contributed by atoms with Crippen molar-refractivity contribution in [3.63, 3.8) is 0 Å². The standard InChI is InChI=1S/C15H20N2O/c1-12(16)6-4-5-10-17-11-9-13-7-2-3-8-14(13)15(17)18/h2-3,7-9,11-12H,4-6,10,16H2,1H3. The lowest BCUT2D eigenvalue weighted by molar-refractivity contribution is 0.543. The summed E-state index contributed by atoms with van der Waals surface area (Å²) in [6.07, 6.45) is 4.97. The first kappa shape index (κ1) is 12.8. The normalized spacial score (nSPS) is 12.8. The Kier molecular flexibility index (Phi) is 4.15. The molecule has 0 aliphatic carbocycles. The molecular formula is C15H20N2O. The summed E-state index contributed by atoms with van der Waals surface area (Å²) in [4.78, 5) is 12.2. The average Bonchev–Trinajstić information content (AvgIpc) is 2.37. The fraction of sp³-hybridized carbons (Fsp3) is 0.400. The molecule has 96 valence electrons. The van der Waals surface area contributed by atoms with Crippen molar-refractivity contribution in [1.29, 1.82) is 0 Å². The molecule has 0 bridgehead atoms. The average molecular weight is 244 g/mol. The predicted molar refractivity (Wildman–Crippen MR) is 75.7 cm³/mol. The summed E-state index contributed by atoms with van der Waals surface area (Å²) in [6, 6.07) is 9.97. The molecule has 2 N–H and O–H groups in total. The number of rotatable bonds is 5. The monoisotopic (exact) mass is 244 g/mol. The molecule has 0 aliphatic heterocycles. The number of pyridine rings is 1. The van der Waals surface area contributed by atoms with Gasteiger partial charge in [-0.25, -0.2) is 0 Å². The highest BCUT2D eigenvalue weighted by Gasteiger charge is 2.02. The summed E-state index contributed by atoms with van der Waals surface area (Å²) in [5.41, 5.74) is 5.81. The molecule has 0 saturated heterocycles. The minimum Gasteiger partial charge on any atom is -0.328 e. The molecule has 1 aromatic carbocycles. The van der Waals surface area contributed by atoms with Crippen molar-refractivity contribution in [2.45, 2.75) is 38.8 Å². The van der Waals surface area contributed by atoms with Crippen LogP contribution < -0.4 is 11.3 Å². The van der Waals surface area contributed by atoms with Gasteiger partial charge in [-0.1, -0.05) is 24.6 Å². The fourth-order valence-electron chi connectivity index (χ4n) is 2.15. The molecule has 0 fully saturated rings. The van der Waals surface area contributed by atoms with E-state index in [4.69, 9.17) is 5.73 Å². The van der Waals surface area contributed by atoms with Gasteiger partial charge in [-0.05, 0) is 37.3 Å². The molecule has 0 aliphatic rings. The van der Waals surface area contributed by atoms with Gasteiger partial charge in [-0.2, -0.15) is 0 Å². The van der Waals surface area contributed by atoms with Gasteiger partial charge < -0.3 is 10.3 Å². The molecule has 0 spiro atoms. The van der Waals surface area contributed by atoms with Gasteiger partial charge in [0.25, 0.3) is 5.56 Å². The van der Waals surface area contributed by atoms with Gasteiger partial charge in [-0.15, -0.1) is 0 Å². The Morgan fingerprint density at radius 1 is 1.22 bits per heavy atom. The maximum atomic E-state index is 12.2. The number of benzene rings is 1. The molecule has 3 heteroatoms. The number of fused-ring (bicyclic) bond motifs is 1. The summed E-state index contributed by atoms with van der Waals surface area (Å²) in [7, 11) is 0. The van der Waals surface area contributed by atoms with E-state index in [2.05, 4.69) is 0 Å². The van der Waals surface area contributed by atoms with Crippen LogP contribution in [0.4, 0.5) is 0 Å². The van der Waals surface area contributed by atoms with Gasteiger partial charge in [0.2, 0.25) is 0 Å². The first-order valence-electron chi connectivity index (χ1n) is 6.52. The third-order valence-corrected chi connectivity index (χ3v) is 3.19. The number of aromatic nitrogens is 1. The first-order valence-corrected chi connectivity index (χ1v) is 6.52. The van der Waals surface area contributed by atoms with Crippen LogP contribution in [0.25, 0.3) is 10.8 Å². The van der Waals surface area contributed by atoms with Crippen LogP contribution >= 0.6 is 0 Å². The molecule has 0 amide bonds. The summed E-state index contributed by atoms with van der Waals surface area (Å²) < 4.78 is 1.80. The smallest absolute Gasteiger partial charge is 0.258 e. The Bertz CT molecular complexity index is 572. The minimum atomic E-state index is 0.105. The Labute approximate surface area is 107 Å². The van der Waals surface area contributed by atoms with Gasteiger partial charge in [0, 0.05) is 24.2 Å². The Morgan fingerprint density at radius 3 is 2.78 bits per heavy atom. The molecule has 1 heterocycles. The number of unbranched alkanes of at least 4 members (excludes halogenated alkanes) is 1. The van der Waals surface area contributed by atoms with Crippen LogP contribution in [-0.2, 0) is 6.54 Å². The van der Waals surface area contributed by atoms with E-state index in [-0.39, 0.29) is 11.6 Å². The highest BCUT2D eigenvalue weighted by atomic mass is 16.1. The third kappa shape index (κ3) is 2.99. The molecule has 2 aromatic rings. The van der Waals surface area contributed by atoms with Crippen molar-refractivity contribution in [3.05, 3.63) is 46.9 Å². The van der Waals surface area contributed by atoms with Crippen LogP contribution in [0.2, 0.25) is 0 Å². The number of hydrogen-bond acceptors (Lipinski definition) is 2. The largest absolute Gasteiger partial charge is 0.328 e. The minimum absolute atomic E-state index is 0.105. The lowest BCUT2D eigenvalue weighted by Crippen LogP contribution is -2.20. The molecular weight excluding hydrogens is 224 g/mol. The lowest BCUT2D eigenvalue weighted by Gasteiger charge is -2.08. The van der Waals surface area contributed by atoms with Gasteiger partial charge >= 0.3 is 0 Å². The van der Waals surface area contributed by atoms with E-state index in [9.17, 15) is 4.79 Å². The second kappa shape index (κ2) is 5.83. The molecule has 1 aromatic heterocycles. The van der Waals surface area contributed by atoms with E-state index in [0.29, 0.717) is 0 Å².